The molecule has 2 N–H and O–H groups in total. The summed E-state index contributed by atoms with van der Waals surface area (Å²) in [4.78, 5) is 0. The summed E-state index contributed by atoms with van der Waals surface area (Å²) in [5.74, 6) is 1.70. The molecule has 0 atom stereocenters. The fourth-order valence-corrected chi connectivity index (χ4v) is 3.26. The quantitative estimate of drug-likeness (QED) is 0.893. The molecule has 0 spiro atoms. The third-order valence-corrected chi connectivity index (χ3v) is 4.33. The van der Waals surface area contributed by atoms with Crippen molar-refractivity contribution in [2.45, 2.75) is 57.5 Å². The Balaban J connectivity index is 2.47. The highest BCUT2D eigenvalue weighted by atomic mass is 16.5. The standard InChI is InChI=1S/C17H27NO2/c1-13(2)20-16-14(8-7-9-15(16)19-3)17(12-18)10-5-4-6-11-17/h7-9,13H,4-6,10-12,18H2,1-3H3. The van der Waals surface area contributed by atoms with Crippen LogP contribution in [0.25, 0.3) is 0 Å². The highest BCUT2D eigenvalue weighted by Crippen LogP contribution is 2.46. The lowest BCUT2D eigenvalue weighted by Crippen LogP contribution is -2.37. The average Bonchev–Trinajstić information content (AvgIpc) is 2.47. The van der Waals surface area contributed by atoms with Gasteiger partial charge in [-0.3, -0.25) is 0 Å². The number of hydrogen-bond acceptors (Lipinski definition) is 3. The van der Waals surface area contributed by atoms with Crippen molar-refractivity contribution in [3.63, 3.8) is 0 Å². The first-order chi connectivity index (χ1) is 9.63. The third kappa shape index (κ3) is 2.93. The lowest BCUT2D eigenvalue weighted by molar-refractivity contribution is 0.214. The fourth-order valence-electron chi connectivity index (χ4n) is 3.26. The van der Waals surface area contributed by atoms with Crippen LogP contribution in [0.4, 0.5) is 0 Å². The van der Waals surface area contributed by atoms with Gasteiger partial charge < -0.3 is 15.2 Å². The molecule has 0 heterocycles. The highest BCUT2D eigenvalue weighted by molar-refractivity contribution is 5.50. The Bertz CT molecular complexity index is 437. The maximum Gasteiger partial charge on any atom is 0.165 e. The van der Waals surface area contributed by atoms with Crippen molar-refractivity contribution in [2.75, 3.05) is 13.7 Å². The number of nitrogens with two attached hydrogens (primary N) is 1. The van der Waals surface area contributed by atoms with Crippen LogP contribution in [-0.4, -0.2) is 19.8 Å². The number of methoxy groups -OCH3 is 1. The Kier molecular flexibility index (Phi) is 4.92. The molecule has 1 aliphatic carbocycles. The van der Waals surface area contributed by atoms with Crippen LogP contribution >= 0.6 is 0 Å². The molecular formula is C17H27NO2. The Morgan fingerprint density at radius 2 is 1.90 bits per heavy atom. The van der Waals surface area contributed by atoms with Crippen LogP contribution < -0.4 is 15.2 Å². The zero-order valence-corrected chi connectivity index (χ0v) is 12.9. The Labute approximate surface area is 122 Å². The van der Waals surface area contributed by atoms with Gasteiger partial charge in [0.25, 0.3) is 0 Å². The van der Waals surface area contributed by atoms with Gasteiger partial charge in [-0.05, 0) is 32.8 Å². The van der Waals surface area contributed by atoms with Gasteiger partial charge in [-0.15, -0.1) is 0 Å². The number of benzene rings is 1. The molecule has 3 nitrogen and oxygen atoms in total. The van der Waals surface area contributed by atoms with E-state index in [1.54, 1.807) is 7.11 Å². The van der Waals surface area contributed by atoms with Crippen LogP contribution in [-0.2, 0) is 5.41 Å². The largest absolute Gasteiger partial charge is 0.493 e. The van der Waals surface area contributed by atoms with Crippen molar-refractivity contribution in [1.29, 1.82) is 0 Å². The van der Waals surface area contributed by atoms with Crippen LogP contribution in [0.1, 0.15) is 51.5 Å². The topological polar surface area (TPSA) is 44.5 Å². The summed E-state index contributed by atoms with van der Waals surface area (Å²) in [6.07, 6.45) is 6.22. The van der Waals surface area contributed by atoms with Crippen molar-refractivity contribution >= 4 is 0 Å². The molecule has 2 rings (SSSR count). The molecule has 1 fully saturated rings. The molecule has 112 valence electrons. The smallest absolute Gasteiger partial charge is 0.165 e. The summed E-state index contributed by atoms with van der Waals surface area (Å²) in [6.45, 7) is 4.77. The Hall–Kier alpha value is -1.22. The second kappa shape index (κ2) is 6.49. The lowest BCUT2D eigenvalue weighted by atomic mass is 9.69. The summed E-state index contributed by atoms with van der Waals surface area (Å²) >= 11 is 0. The van der Waals surface area contributed by atoms with Crippen LogP contribution in [0.3, 0.4) is 0 Å². The molecule has 1 aliphatic rings. The average molecular weight is 277 g/mol. The predicted molar refractivity (Wildman–Crippen MR) is 82.6 cm³/mol. The molecule has 0 amide bonds. The molecule has 0 bridgehead atoms. The summed E-state index contributed by atoms with van der Waals surface area (Å²) in [6, 6.07) is 6.18. The van der Waals surface area contributed by atoms with Gasteiger partial charge in [-0.1, -0.05) is 31.4 Å². The van der Waals surface area contributed by atoms with Gasteiger partial charge in [-0.2, -0.15) is 0 Å². The minimum Gasteiger partial charge on any atom is -0.493 e. The van der Waals surface area contributed by atoms with E-state index in [9.17, 15) is 0 Å². The molecule has 1 saturated carbocycles. The van der Waals surface area contributed by atoms with Gasteiger partial charge in [0.1, 0.15) is 0 Å². The molecule has 0 aromatic heterocycles. The molecule has 0 unspecified atom stereocenters. The minimum atomic E-state index is 0.0526. The van der Waals surface area contributed by atoms with E-state index in [-0.39, 0.29) is 11.5 Å². The summed E-state index contributed by atoms with van der Waals surface area (Å²) in [7, 11) is 1.70. The van der Waals surface area contributed by atoms with E-state index < -0.39 is 0 Å². The van der Waals surface area contributed by atoms with E-state index in [1.807, 2.05) is 26.0 Å². The highest BCUT2D eigenvalue weighted by Gasteiger charge is 2.36. The van der Waals surface area contributed by atoms with Crippen molar-refractivity contribution in [1.82, 2.24) is 0 Å². The summed E-state index contributed by atoms with van der Waals surface area (Å²) in [5, 5.41) is 0. The Morgan fingerprint density at radius 3 is 2.45 bits per heavy atom. The molecule has 20 heavy (non-hydrogen) atoms. The number of ether oxygens (including phenoxy) is 2. The van der Waals surface area contributed by atoms with Gasteiger partial charge in [0.05, 0.1) is 13.2 Å². The van der Waals surface area contributed by atoms with Crippen LogP contribution in [0.15, 0.2) is 18.2 Å². The summed E-state index contributed by atoms with van der Waals surface area (Å²) < 4.78 is 11.6. The number of para-hydroxylation sites is 1. The van der Waals surface area contributed by atoms with Crippen molar-refractivity contribution in [3.05, 3.63) is 23.8 Å². The minimum absolute atomic E-state index is 0.0526. The molecule has 1 aromatic carbocycles. The maximum atomic E-state index is 6.17. The van der Waals surface area contributed by atoms with Gasteiger partial charge in [0, 0.05) is 17.5 Å². The number of hydrogen-bond donors (Lipinski definition) is 1. The Morgan fingerprint density at radius 1 is 1.20 bits per heavy atom. The van der Waals surface area contributed by atoms with E-state index in [4.69, 9.17) is 15.2 Å². The van der Waals surface area contributed by atoms with Crippen LogP contribution in [0, 0.1) is 0 Å². The first-order valence-corrected chi connectivity index (χ1v) is 7.67. The summed E-state index contributed by atoms with van der Waals surface area (Å²) in [5.41, 5.74) is 7.45. The van der Waals surface area contributed by atoms with Crippen LogP contribution in [0.5, 0.6) is 11.5 Å². The van der Waals surface area contributed by atoms with E-state index >= 15 is 0 Å². The SMILES string of the molecule is COc1cccc(C2(CN)CCCCC2)c1OC(C)C. The monoisotopic (exact) mass is 277 g/mol. The lowest BCUT2D eigenvalue weighted by Gasteiger charge is -2.38. The maximum absolute atomic E-state index is 6.17. The first kappa shape index (κ1) is 15.2. The molecular weight excluding hydrogens is 250 g/mol. The predicted octanol–water partition coefficient (Wildman–Crippen LogP) is 3.64. The van der Waals surface area contributed by atoms with Crippen molar-refractivity contribution in [3.8, 4) is 11.5 Å². The molecule has 0 radical (unpaired) electrons. The van der Waals surface area contributed by atoms with Crippen molar-refractivity contribution in [2.24, 2.45) is 5.73 Å². The second-order valence-corrected chi connectivity index (χ2v) is 6.05. The zero-order chi connectivity index (χ0) is 14.6. The van der Waals surface area contributed by atoms with Gasteiger partial charge in [0.15, 0.2) is 11.5 Å². The van der Waals surface area contributed by atoms with E-state index in [0.717, 1.165) is 24.3 Å². The van der Waals surface area contributed by atoms with Gasteiger partial charge in [-0.25, -0.2) is 0 Å². The molecule has 0 saturated heterocycles. The van der Waals surface area contributed by atoms with Crippen LogP contribution in [0.2, 0.25) is 0 Å². The zero-order valence-electron chi connectivity index (χ0n) is 12.9. The van der Waals surface area contributed by atoms with Gasteiger partial charge >= 0.3 is 0 Å². The normalized spacial score (nSPS) is 18.1. The van der Waals surface area contributed by atoms with Crippen molar-refractivity contribution < 1.29 is 9.47 Å². The third-order valence-electron chi connectivity index (χ3n) is 4.33. The first-order valence-electron chi connectivity index (χ1n) is 7.67. The molecule has 0 aliphatic heterocycles. The van der Waals surface area contributed by atoms with E-state index in [2.05, 4.69) is 6.07 Å². The van der Waals surface area contributed by atoms with E-state index in [1.165, 1.54) is 24.8 Å². The fraction of sp³-hybridized carbons (Fsp3) is 0.647. The number of rotatable bonds is 5. The van der Waals surface area contributed by atoms with Gasteiger partial charge in [0.2, 0.25) is 0 Å². The molecule has 3 heteroatoms. The molecule has 1 aromatic rings. The second-order valence-electron chi connectivity index (χ2n) is 6.05. The van der Waals surface area contributed by atoms with E-state index in [0.29, 0.717) is 6.54 Å².